The number of nitrogens with zero attached hydrogens (tertiary/aromatic N) is 1. The summed E-state index contributed by atoms with van der Waals surface area (Å²) in [6.45, 7) is 7.00. The Kier molecular flexibility index (Phi) is 6.18. The van der Waals surface area contributed by atoms with E-state index in [2.05, 4.69) is 0 Å². The summed E-state index contributed by atoms with van der Waals surface area (Å²) in [4.78, 5) is 1.84. The fraction of sp³-hybridized carbons (Fsp3) is 0.316. The topological polar surface area (TPSA) is 36.3 Å². The van der Waals surface area contributed by atoms with E-state index in [0.29, 0.717) is 18.8 Å². The monoisotopic (exact) mass is 384 g/mol. The molecule has 0 aliphatic heterocycles. The summed E-state index contributed by atoms with van der Waals surface area (Å²) >= 11 is 5.64. The van der Waals surface area contributed by atoms with Crippen LogP contribution in [0.15, 0.2) is 30.3 Å². The van der Waals surface area contributed by atoms with Crippen molar-refractivity contribution in [2.45, 2.75) is 33.5 Å². The highest BCUT2D eigenvalue weighted by molar-refractivity contribution is 6.31. The fourth-order valence-corrected chi connectivity index (χ4v) is 2.73. The molecule has 0 aliphatic rings. The van der Waals surface area contributed by atoms with Gasteiger partial charge >= 0.3 is 6.18 Å². The quantitative estimate of drug-likeness (QED) is 0.475. The number of nitrogens with one attached hydrogen (secondary N) is 1. The predicted molar refractivity (Wildman–Crippen MR) is 97.3 cm³/mol. The second-order valence-electron chi connectivity index (χ2n) is 5.98. The Hall–Kier alpha value is -2.21. The average Bonchev–Trinajstić information content (AvgIpc) is 2.57. The van der Waals surface area contributed by atoms with Gasteiger partial charge in [0.05, 0.1) is 16.9 Å². The Morgan fingerprint density at radius 2 is 1.85 bits per heavy atom. The SMILES string of the molecule is CCN(C=N)Cc1cc(C)c(Oc2ccc(Cl)c(C(F)(F)F)c2)cc1C. The number of rotatable bonds is 6. The van der Waals surface area contributed by atoms with E-state index in [-0.39, 0.29) is 10.8 Å². The molecule has 0 amide bonds. The van der Waals surface area contributed by atoms with E-state index in [1.54, 1.807) is 6.07 Å². The van der Waals surface area contributed by atoms with Crippen molar-refractivity contribution < 1.29 is 17.9 Å². The van der Waals surface area contributed by atoms with E-state index in [1.807, 2.05) is 31.7 Å². The van der Waals surface area contributed by atoms with Crippen LogP contribution in [0.1, 0.15) is 29.2 Å². The zero-order valence-corrected chi connectivity index (χ0v) is 15.5. The van der Waals surface area contributed by atoms with Crippen LogP contribution in [0, 0.1) is 19.3 Å². The largest absolute Gasteiger partial charge is 0.457 e. The van der Waals surface area contributed by atoms with E-state index < -0.39 is 11.7 Å². The Balaban J connectivity index is 2.31. The number of alkyl halides is 3. The zero-order chi connectivity index (χ0) is 19.5. The van der Waals surface area contributed by atoms with E-state index in [4.69, 9.17) is 21.7 Å². The van der Waals surface area contributed by atoms with Crippen molar-refractivity contribution in [3.05, 3.63) is 57.6 Å². The number of aryl methyl sites for hydroxylation is 2. The van der Waals surface area contributed by atoms with Crippen LogP contribution in [0.5, 0.6) is 11.5 Å². The molecule has 1 N–H and O–H groups in total. The number of hydrogen-bond acceptors (Lipinski definition) is 2. The highest BCUT2D eigenvalue weighted by Crippen LogP contribution is 2.38. The number of benzene rings is 2. The molecule has 0 unspecified atom stereocenters. The second-order valence-corrected chi connectivity index (χ2v) is 6.39. The molecule has 0 aliphatic carbocycles. The van der Waals surface area contributed by atoms with Crippen LogP contribution in [0.4, 0.5) is 13.2 Å². The lowest BCUT2D eigenvalue weighted by Gasteiger charge is -2.20. The second kappa shape index (κ2) is 7.99. The van der Waals surface area contributed by atoms with Crippen molar-refractivity contribution >= 4 is 17.9 Å². The molecular weight excluding hydrogens is 365 g/mol. The van der Waals surface area contributed by atoms with Gasteiger partial charge in [-0.2, -0.15) is 13.2 Å². The minimum atomic E-state index is -4.54. The molecule has 26 heavy (non-hydrogen) atoms. The van der Waals surface area contributed by atoms with Gasteiger partial charge in [0.25, 0.3) is 0 Å². The summed E-state index contributed by atoms with van der Waals surface area (Å²) in [5.74, 6) is 0.561. The van der Waals surface area contributed by atoms with Crippen molar-refractivity contribution in [2.75, 3.05) is 6.54 Å². The first kappa shape index (κ1) is 20.1. The lowest BCUT2D eigenvalue weighted by atomic mass is 10.0. The standard InChI is InChI=1S/C19H20ClF3N2O/c1-4-25(11-24)10-14-7-13(3)18(8-12(14)2)26-15-5-6-17(20)16(9-15)19(21,22)23/h5-9,11,24H,4,10H2,1-3H3. The number of ether oxygens (including phenoxy) is 1. The molecule has 0 atom stereocenters. The average molecular weight is 385 g/mol. The van der Waals surface area contributed by atoms with Crippen molar-refractivity contribution in [1.82, 2.24) is 4.90 Å². The molecule has 0 saturated heterocycles. The molecule has 2 rings (SSSR count). The van der Waals surface area contributed by atoms with Crippen LogP contribution in [0.2, 0.25) is 5.02 Å². The Morgan fingerprint density at radius 3 is 2.42 bits per heavy atom. The van der Waals surface area contributed by atoms with Crippen LogP contribution in [-0.4, -0.2) is 17.8 Å². The lowest BCUT2D eigenvalue weighted by molar-refractivity contribution is -0.137. The first-order valence-corrected chi connectivity index (χ1v) is 8.42. The molecule has 0 saturated carbocycles. The first-order valence-electron chi connectivity index (χ1n) is 8.05. The smallest absolute Gasteiger partial charge is 0.417 e. The number of halogens is 4. The number of hydrogen-bond donors (Lipinski definition) is 1. The zero-order valence-electron chi connectivity index (χ0n) is 14.7. The van der Waals surface area contributed by atoms with E-state index >= 15 is 0 Å². The summed E-state index contributed by atoms with van der Waals surface area (Å²) in [6, 6.07) is 7.22. The molecule has 3 nitrogen and oxygen atoms in total. The van der Waals surface area contributed by atoms with Gasteiger partial charge in [0, 0.05) is 13.1 Å². The molecule has 0 aromatic heterocycles. The molecule has 7 heteroatoms. The van der Waals surface area contributed by atoms with Crippen LogP contribution in [0.3, 0.4) is 0 Å². The van der Waals surface area contributed by atoms with E-state index in [0.717, 1.165) is 22.8 Å². The van der Waals surface area contributed by atoms with Gasteiger partial charge < -0.3 is 9.64 Å². The molecule has 0 spiro atoms. The van der Waals surface area contributed by atoms with Gasteiger partial charge in [0.1, 0.15) is 11.5 Å². The molecule has 140 valence electrons. The third kappa shape index (κ3) is 4.69. The van der Waals surface area contributed by atoms with Crippen molar-refractivity contribution in [3.63, 3.8) is 0 Å². The van der Waals surface area contributed by atoms with Crippen molar-refractivity contribution in [2.24, 2.45) is 0 Å². The molecule has 2 aromatic rings. The van der Waals surface area contributed by atoms with Gasteiger partial charge in [0.2, 0.25) is 0 Å². The Bertz CT molecular complexity index is 806. The van der Waals surface area contributed by atoms with E-state index in [9.17, 15) is 13.2 Å². The minimum Gasteiger partial charge on any atom is -0.457 e. The highest BCUT2D eigenvalue weighted by atomic mass is 35.5. The van der Waals surface area contributed by atoms with E-state index in [1.165, 1.54) is 18.5 Å². The summed E-state index contributed by atoms with van der Waals surface area (Å²) in [5, 5.41) is 7.02. The molecule has 0 fully saturated rings. The van der Waals surface area contributed by atoms with Gasteiger partial charge in [0.15, 0.2) is 0 Å². The third-order valence-electron chi connectivity index (χ3n) is 4.07. The minimum absolute atomic E-state index is 0.0756. The fourth-order valence-electron chi connectivity index (χ4n) is 2.51. The first-order chi connectivity index (χ1) is 12.2. The predicted octanol–water partition coefficient (Wildman–Crippen LogP) is 6.20. The van der Waals surface area contributed by atoms with Crippen LogP contribution < -0.4 is 4.74 Å². The summed E-state index contributed by atoms with van der Waals surface area (Å²) in [6.07, 6.45) is -3.26. The van der Waals surface area contributed by atoms with Gasteiger partial charge in [-0.15, -0.1) is 0 Å². The summed E-state index contributed by atoms with van der Waals surface area (Å²) in [7, 11) is 0. The summed E-state index contributed by atoms with van der Waals surface area (Å²) in [5.41, 5.74) is 1.85. The maximum atomic E-state index is 13.0. The van der Waals surface area contributed by atoms with Crippen LogP contribution >= 0.6 is 11.6 Å². The molecule has 0 heterocycles. The van der Waals surface area contributed by atoms with Crippen molar-refractivity contribution in [3.8, 4) is 11.5 Å². The maximum absolute atomic E-state index is 13.0. The molecule has 2 aromatic carbocycles. The Labute approximate surface area is 155 Å². The van der Waals surface area contributed by atoms with Gasteiger partial charge in [-0.25, -0.2) is 0 Å². The van der Waals surface area contributed by atoms with Gasteiger partial charge in [-0.05, 0) is 61.7 Å². The van der Waals surface area contributed by atoms with Crippen LogP contribution in [-0.2, 0) is 12.7 Å². The normalized spacial score (nSPS) is 11.3. The molecular formula is C19H20ClF3N2O. The van der Waals surface area contributed by atoms with Gasteiger partial charge in [-0.3, -0.25) is 5.41 Å². The third-order valence-corrected chi connectivity index (χ3v) is 4.40. The molecule has 0 bridgehead atoms. The van der Waals surface area contributed by atoms with Gasteiger partial charge in [-0.1, -0.05) is 17.7 Å². The summed E-state index contributed by atoms with van der Waals surface area (Å²) < 4.78 is 44.6. The van der Waals surface area contributed by atoms with Crippen LogP contribution in [0.25, 0.3) is 0 Å². The lowest BCUT2D eigenvalue weighted by Crippen LogP contribution is -2.20. The Morgan fingerprint density at radius 1 is 1.15 bits per heavy atom. The highest BCUT2D eigenvalue weighted by Gasteiger charge is 2.33. The maximum Gasteiger partial charge on any atom is 0.417 e. The molecule has 0 radical (unpaired) electrons. The van der Waals surface area contributed by atoms with Crippen molar-refractivity contribution in [1.29, 1.82) is 5.41 Å².